The molecule has 0 spiro atoms. The van der Waals surface area contributed by atoms with Crippen LogP contribution in [0.2, 0.25) is 0 Å². The van der Waals surface area contributed by atoms with E-state index in [0.29, 0.717) is 13.1 Å². The minimum absolute atomic E-state index is 0.0316. The molecule has 0 aromatic carbocycles. The number of halogens is 2. The molecule has 1 aromatic rings. The molecule has 20 heavy (non-hydrogen) atoms. The van der Waals surface area contributed by atoms with E-state index in [1.807, 2.05) is 6.92 Å². The standard InChI is InChI=1S/C14H21F2N3O/c1-2-6-17-13-10(15)7-11(16)14(19-13)18-8-9-4-3-5-12(9)20/h7,9,12,20H,2-6,8H2,1H3,(H2,17,18,19). The van der Waals surface area contributed by atoms with E-state index in [1.165, 1.54) is 0 Å². The molecule has 6 heteroatoms. The summed E-state index contributed by atoms with van der Waals surface area (Å²) in [5, 5.41) is 15.4. The van der Waals surface area contributed by atoms with E-state index in [4.69, 9.17) is 0 Å². The minimum Gasteiger partial charge on any atom is -0.393 e. The van der Waals surface area contributed by atoms with E-state index < -0.39 is 11.6 Å². The summed E-state index contributed by atoms with van der Waals surface area (Å²) in [5.41, 5.74) is 0. The first kappa shape index (κ1) is 15.0. The molecule has 2 unspecified atom stereocenters. The second-order valence-electron chi connectivity index (χ2n) is 5.22. The number of hydrogen-bond donors (Lipinski definition) is 3. The zero-order chi connectivity index (χ0) is 14.5. The molecule has 2 atom stereocenters. The summed E-state index contributed by atoms with van der Waals surface area (Å²) in [6, 6.07) is 0.832. The Bertz CT molecular complexity index is 456. The Labute approximate surface area is 117 Å². The molecule has 1 aliphatic carbocycles. The number of anilines is 2. The Balaban J connectivity index is 2.02. The van der Waals surface area contributed by atoms with Crippen molar-refractivity contribution in [2.24, 2.45) is 5.92 Å². The van der Waals surface area contributed by atoms with Crippen molar-refractivity contribution in [2.45, 2.75) is 38.7 Å². The third-order valence-electron chi connectivity index (χ3n) is 3.62. The maximum absolute atomic E-state index is 13.7. The van der Waals surface area contributed by atoms with Gasteiger partial charge in [0.25, 0.3) is 0 Å². The van der Waals surface area contributed by atoms with E-state index in [2.05, 4.69) is 15.6 Å². The fourth-order valence-electron chi connectivity index (χ4n) is 2.44. The number of pyridine rings is 1. The summed E-state index contributed by atoms with van der Waals surface area (Å²) in [4.78, 5) is 3.94. The van der Waals surface area contributed by atoms with Gasteiger partial charge in [0.1, 0.15) is 0 Å². The van der Waals surface area contributed by atoms with E-state index in [-0.39, 0.29) is 23.7 Å². The molecule has 1 aliphatic rings. The Morgan fingerprint density at radius 3 is 2.55 bits per heavy atom. The van der Waals surface area contributed by atoms with Crippen LogP contribution >= 0.6 is 0 Å². The summed E-state index contributed by atoms with van der Waals surface area (Å²) >= 11 is 0. The highest BCUT2D eigenvalue weighted by molar-refractivity contribution is 5.47. The fraction of sp³-hybridized carbons (Fsp3) is 0.643. The van der Waals surface area contributed by atoms with Crippen molar-refractivity contribution < 1.29 is 13.9 Å². The Kier molecular flexibility index (Phi) is 5.11. The summed E-state index contributed by atoms with van der Waals surface area (Å²) in [6.07, 6.45) is 3.17. The van der Waals surface area contributed by atoms with Crippen molar-refractivity contribution in [3.8, 4) is 0 Å². The van der Waals surface area contributed by atoms with Gasteiger partial charge in [0.2, 0.25) is 0 Å². The Hall–Kier alpha value is -1.43. The number of aliphatic hydroxyl groups is 1. The summed E-state index contributed by atoms with van der Waals surface area (Å²) < 4.78 is 27.2. The van der Waals surface area contributed by atoms with Crippen LogP contribution in [0.5, 0.6) is 0 Å². The smallest absolute Gasteiger partial charge is 0.168 e. The van der Waals surface area contributed by atoms with Crippen molar-refractivity contribution in [2.75, 3.05) is 23.7 Å². The van der Waals surface area contributed by atoms with E-state index in [9.17, 15) is 13.9 Å². The molecule has 1 fully saturated rings. The van der Waals surface area contributed by atoms with Gasteiger partial charge in [0.05, 0.1) is 6.10 Å². The highest BCUT2D eigenvalue weighted by Gasteiger charge is 2.25. The van der Waals surface area contributed by atoms with E-state index >= 15 is 0 Å². The highest BCUT2D eigenvalue weighted by Crippen LogP contribution is 2.26. The molecule has 0 bridgehead atoms. The first-order valence-corrected chi connectivity index (χ1v) is 7.13. The fourth-order valence-corrected chi connectivity index (χ4v) is 2.44. The molecule has 3 N–H and O–H groups in total. The Morgan fingerprint density at radius 2 is 1.95 bits per heavy atom. The number of rotatable bonds is 6. The largest absolute Gasteiger partial charge is 0.393 e. The van der Waals surface area contributed by atoms with Crippen LogP contribution in [0.25, 0.3) is 0 Å². The lowest BCUT2D eigenvalue weighted by Gasteiger charge is -2.16. The minimum atomic E-state index is -0.711. The molecule has 0 radical (unpaired) electrons. The lowest BCUT2D eigenvalue weighted by molar-refractivity contribution is 0.138. The third-order valence-corrected chi connectivity index (χ3v) is 3.62. The van der Waals surface area contributed by atoms with Gasteiger partial charge in [-0.3, -0.25) is 0 Å². The van der Waals surface area contributed by atoms with E-state index in [1.54, 1.807) is 0 Å². The van der Waals surface area contributed by atoms with Crippen molar-refractivity contribution in [1.82, 2.24) is 4.98 Å². The molecular formula is C14H21F2N3O. The monoisotopic (exact) mass is 285 g/mol. The normalized spacial score (nSPS) is 22.0. The van der Waals surface area contributed by atoms with Gasteiger partial charge in [-0.05, 0) is 19.3 Å². The van der Waals surface area contributed by atoms with Crippen LogP contribution in [-0.4, -0.2) is 29.3 Å². The van der Waals surface area contributed by atoms with Crippen molar-refractivity contribution in [3.63, 3.8) is 0 Å². The zero-order valence-corrected chi connectivity index (χ0v) is 11.6. The van der Waals surface area contributed by atoms with Crippen LogP contribution in [0.3, 0.4) is 0 Å². The second-order valence-corrected chi connectivity index (χ2v) is 5.22. The molecule has 112 valence electrons. The predicted molar refractivity (Wildman–Crippen MR) is 74.8 cm³/mol. The quantitative estimate of drug-likeness (QED) is 0.752. The first-order valence-electron chi connectivity index (χ1n) is 7.13. The van der Waals surface area contributed by atoms with Crippen molar-refractivity contribution in [1.29, 1.82) is 0 Å². The second kappa shape index (κ2) is 6.83. The molecule has 1 aromatic heterocycles. The molecule has 0 amide bonds. The number of aromatic nitrogens is 1. The number of hydrogen-bond acceptors (Lipinski definition) is 4. The van der Waals surface area contributed by atoms with Gasteiger partial charge in [-0.25, -0.2) is 13.8 Å². The molecular weight excluding hydrogens is 264 g/mol. The maximum Gasteiger partial charge on any atom is 0.168 e. The Morgan fingerprint density at radius 1 is 1.25 bits per heavy atom. The highest BCUT2D eigenvalue weighted by atomic mass is 19.1. The molecule has 0 aliphatic heterocycles. The van der Waals surface area contributed by atoms with Gasteiger partial charge in [-0.1, -0.05) is 13.3 Å². The lowest BCUT2D eigenvalue weighted by atomic mass is 10.1. The van der Waals surface area contributed by atoms with Crippen molar-refractivity contribution in [3.05, 3.63) is 17.7 Å². The number of nitrogens with zero attached hydrogens (tertiary/aromatic N) is 1. The average Bonchev–Trinajstić information content (AvgIpc) is 2.82. The molecule has 1 heterocycles. The maximum atomic E-state index is 13.7. The van der Waals surface area contributed by atoms with Gasteiger partial charge in [-0.15, -0.1) is 0 Å². The van der Waals surface area contributed by atoms with Crippen LogP contribution in [0, 0.1) is 17.6 Å². The molecule has 0 saturated heterocycles. The van der Waals surface area contributed by atoms with Crippen LogP contribution in [0.4, 0.5) is 20.4 Å². The number of nitrogens with one attached hydrogen (secondary N) is 2. The summed E-state index contributed by atoms with van der Waals surface area (Å²) in [7, 11) is 0. The van der Waals surface area contributed by atoms with Gasteiger partial charge < -0.3 is 15.7 Å². The van der Waals surface area contributed by atoms with E-state index in [0.717, 1.165) is 31.7 Å². The van der Waals surface area contributed by atoms with Crippen molar-refractivity contribution >= 4 is 11.6 Å². The third kappa shape index (κ3) is 3.56. The average molecular weight is 285 g/mol. The predicted octanol–water partition coefficient (Wildman–Crippen LogP) is 2.75. The van der Waals surface area contributed by atoms with Gasteiger partial charge >= 0.3 is 0 Å². The summed E-state index contributed by atoms with van der Waals surface area (Å²) in [6.45, 7) is 2.98. The molecule has 2 rings (SSSR count). The zero-order valence-electron chi connectivity index (χ0n) is 11.6. The SMILES string of the molecule is CCCNc1nc(NCC2CCCC2O)c(F)cc1F. The molecule has 4 nitrogen and oxygen atoms in total. The topological polar surface area (TPSA) is 57.2 Å². The molecule has 1 saturated carbocycles. The lowest BCUT2D eigenvalue weighted by Crippen LogP contribution is -2.23. The summed E-state index contributed by atoms with van der Waals surface area (Å²) in [5.74, 6) is -1.21. The van der Waals surface area contributed by atoms with Crippen LogP contribution in [-0.2, 0) is 0 Å². The van der Waals surface area contributed by atoms with Crippen LogP contribution < -0.4 is 10.6 Å². The number of aliphatic hydroxyl groups excluding tert-OH is 1. The van der Waals surface area contributed by atoms with Gasteiger partial charge in [0.15, 0.2) is 23.3 Å². The van der Waals surface area contributed by atoms with Gasteiger partial charge in [0, 0.05) is 25.1 Å². The van der Waals surface area contributed by atoms with Crippen LogP contribution in [0.15, 0.2) is 6.07 Å². The van der Waals surface area contributed by atoms with Crippen LogP contribution in [0.1, 0.15) is 32.6 Å². The first-order chi connectivity index (χ1) is 9.61. The van der Waals surface area contributed by atoms with Gasteiger partial charge in [-0.2, -0.15) is 0 Å².